The number of rotatable bonds is 3. The van der Waals surface area contributed by atoms with Crippen LogP contribution in [-0.4, -0.2) is 48.4 Å². The van der Waals surface area contributed by atoms with Crippen molar-refractivity contribution in [3.05, 3.63) is 59.1 Å². The Bertz CT molecular complexity index is 979. The lowest BCUT2D eigenvalue weighted by Gasteiger charge is -2.38. The summed E-state index contributed by atoms with van der Waals surface area (Å²) in [5, 5.41) is 0.563. The Kier molecular flexibility index (Phi) is 5.63. The number of carbonyl (C=O) groups excluding carboxylic acids is 3. The molecule has 0 aromatic heterocycles. The highest BCUT2D eigenvalue weighted by Crippen LogP contribution is 2.35. The van der Waals surface area contributed by atoms with Crippen LogP contribution in [0.4, 0.5) is 5.69 Å². The van der Waals surface area contributed by atoms with Crippen LogP contribution in [-0.2, 0) is 9.59 Å². The highest BCUT2D eigenvalue weighted by molar-refractivity contribution is 6.30. The molecular weight excluding hydrogens is 406 g/mol. The lowest BCUT2D eigenvalue weighted by Crippen LogP contribution is -2.53. The summed E-state index contributed by atoms with van der Waals surface area (Å²) >= 11 is 5.91. The summed E-state index contributed by atoms with van der Waals surface area (Å²) in [6.07, 6.45) is 0.490. The average molecular weight is 428 g/mol. The molecule has 1 saturated heterocycles. The van der Waals surface area contributed by atoms with E-state index in [9.17, 15) is 14.4 Å². The molecular formula is C22H22ClN3O4. The van der Waals surface area contributed by atoms with E-state index in [0.717, 1.165) is 6.42 Å². The third kappa shape index (κ3) is 3.98. The van der Waals surface area contributed by atoms with Crippen LogP contribution in [0.5, 0.6) is 5.75 Å². The number of ether oxygens (including phenoxy) is 1. The fraction of sp³-hybridized carbons (Fsp3) is 0.318. The molecule has 2 aliphatic rings. The van der Waals surface area contributed by atoms with Gasteiger partial charge in [0.2, 0.25) is 5.91 Å². The summed E-state index contributed by atoms with van der Waals surface area (Å²) in [5.41, 5.74) is 6.59. The van der Waals surface area contributed by atoms with Gasteiger partial charge < -0.3 is 20.3 Å². The summed E-state index contributed by atoms with van der Waals surface area (Å²) in [7, 11) is 0. The van der Waals surface area contributed by atoms with Crippen LogP contribution in [0.15, 0.2) is 48.5 Å². The van der Waals surface area contributed by atoms with Gasteiger partial charge in [-0.25, -0.2) is 0 Å². The predicted molar refractivity (Wildman–Crippen MR) is 112 cm³/mol. The van der Waals surface area contributed by atoms with Crippen LogP contribution >= 0.6 is 11.6 Å². The molecule has 2 atom stereocenters. The number of primary amides is 1. The Morgan fingerprint density at radius 3 is 2.50 bits per heavy atom. The van der Waals surface area contributed by atoms with Gasteiger partial charge in [-0.15, -0.1) is 0 Å². The van der Waals surface area contributed by atoms with E-state index in [0.29, 0.717) is 41.5 Å². The van der Waals surface area contributed by atoms with Crippen LogP contribution in [0, 0.1) is 5.92 Å². The number of halogens is 1. The molecule has 0 unspecified atom stereocenters. The Labute approximate surface area is 179 Å². The number of hydrogen-bond donors (Lipinski definition) is 1. The van der Waals surface area contributed by atoms with Crippen LogP contribution in [0.25, 0.3) is 0 Å². The Morgan fingerprint density at radius 1 is 1.03 bits per heavy atom. The molecule has 2 aromatic carbocycles. The Hall–Kier alpha value is -3.06. The quantitative estimate of drug-likeness (QED) is 0.814. The molecule has 1 fully saturated rings. The second kappa shape index (κ2) is 8.36. The van der Waals surface area contributed by atoms with Gasteiger partial charge in [-0.05, 0) is 49.2 Å². The zero-order valence-corrected chi connectivity index (χ0v) is 17.0. The lowest BCUT2D eigenvalue weighted by molar-refractivity contribution is -0.126. The highest BCUT2D eigenvalue weighted by Gasteiger charge is 2.37. The minimum Gasteiger partial charge on any atom is -0.477 e. The number of benzene rings is 2. The third-order valence-electron chi connectivity index (χ3n) is 5.51. The molecule has 0 aliphatic carbocycles. The largest absolute Gasteiger partial charge is 0.477 e. The normalized spacial score (nSPS) is 20.8. The minimum atomic E-state index is -0.903. The predicted octanol–water partition coefficient (Wildman–Crippen LogP) is 2.47. The number of nitrogens with two attached hydrogens (primary N) is 1. The van der Waals surface area contributed by atoms with Crippen LogP contribution < -0.4 is 15.4 Å². The van der Waals surface area contributed by atoms with Gasteiger partial charge in [0.15, 0.2) is 6.10 Å². The molecule has 2 aromatic rings. The maximum absolute atomic E-state index is 13.4. The number of para-hydroxylation sites is 2. The van der Waals surface area contributed by atoms with Crippen molar-refractivity contribution in [3.63, 3.8) is 0 Å². The molecule has 7 nitrogen and oxygen atoms in total. The maximum Gasteiger partial charge on any atom is 0.260 e. The number of fused-ring (bicyclic) bond motifs is 1. The van der Waals surface area contributed by atoms with Crippen molar-refractivity contribution in [1.82, 2.24) is 4.90 Å². The first-order valence-corrected chi connectivity index (χ1v) is 10.2. The summed E-state index contributed by atoms with van der Waals surface area (Å²) in [6, 6.07) is 13.8. The van der Waals surface area contributed by atoms with E-state index in [1.807, 2.05) is 6.07 Å². The number of anilines is 1. The third-order valence-corrected chi connectivity index (χ3v) is 5.76. The SMILES string of the molecule is NC(=O)[C@H]1CN(C(=O)[C@H]2CCCN(C(=O)c3ccc(Cl)cc3)C2)c2ccccc2O1. The zero-order chi connectivity index (χ0) is 21.3. The summed E-state index contributed by atoms with van der Waals surface area (Å²) in [6.45, 7) is 0.975. The van der Waals surface area contributed by atoms with Crippen LogP contribution in [0.1, 0.15) is 23.2 Å². The topological polar surface area (TPSA) is 92.9 Å². The molecule has 2 N–H and O–H groups in total. The van der Waals surface area contributed by atoms with Crippen LogP contribution in [0.3, 0.4) is 0 Å². The summed E-state index contributed by atoms with van der Waals surface area (Å²) in [5.74, 6) is -0.793. The molecule has 156 valence electrons. The monoisotopic (exact) mass is 427 g/mol. The fourth-order valence-corrected chi connectivity index (χ4v) is 4.08. The van der Waals surface area contributed by atoms with E-state index < -0.39 is 12.0 Å². The number of nitrogens with zero attached hydrogens (tertiary/aromatic N) is 2. The molecule has 8 heteroatoms. The second-order valence-electron chi connectivity index (χ2n) is 7.52. The van der Waals surface area contributed by atoms with Gasteiger partial charge in [-0.2, -0.15) is 0 Å². The Balaban J connectivity index is 1.53. The van der Waals surface area contributed by atoms with Gasteiger partial charge >= 0.3 is 0 Å². The van der Waals surface area contributed by atoms with Crippen molar-refractivity contribution in [2.24, 2.45) is 11.7 Å². The van der Waals surface area contributed by atoms with Crippen molar-refractivity contribution in [1.29, 1.82) is 0 Å². The van der Waals surface area contributed by atoms with E-state index in [4.69, 9.17) is 22.1 Å². The van der Waals surface area contributed by atoms with E-state index in [-0.39, 0.29) is 24.3 Å². The first-order chi connectivity index (χ1) is 14.4. The number of amides is 3. The molecule has 2 aliphatic heterocycles. The van der Waals surface area contributed by atoms with Crippen molar-refractivity contribution < 1.29 is 19.1 Å². The second-order valence-corrected chi connectivity index (χ2v) is 7.96. The number of likely N-dealkylation sites (tertiary alicyclic amines) is 1. The van der Waals surface area contributed by atoms with E-state index in [1.54, 1.807) is 52.3 Å². The number of piperidine rings is 1. The molecule has 0 spiro atoms. The molecule has 2 heterocycles. The van der Waals surface area contributed by atoms with Gasteiger partial charge in [-0.1, -0.05) is 23.7 Å². The van der Waals surface area contributed by atoms with Crippen molar-refractivity contribution >= 4 is 35.0 Å². The van der Waals surface area contributed by atoms with Gasteiger partial charge in [-0.3, -0.25) is 14.4 Å². The minimum absolute atomic E-state index is 0.0623. The first kappa shape index (κ1) is 20.2. The number of hydrogen-bond acceptors (Lipinski definition) is 4. The molecule has 0 bridgehead atoms. The lowest BCUT2D eigenvalue weighted by atomic mass is 9.95. The highest BCUT2D eigenvalue weighted by atomic mass is 35.5. The fourth-order valence-electron chi connectivity index (χ4n) is 3.95. The molecule has 30 heavy (non-hydrogen) atoms. The summed E-state index contributed by atoms with van der Waals surface area (Å²) in [4.78, 5) is 41.3. The van der Waals surface area contributed by atoms with E-state index >= 15 is 0 Å². The van der Waals surface area contributed by atoms with Crippen molar-refractivity contribution in [2.75, 3.05) is 24.5 Å². The smallest absolute Gasteiger partial charge is 0.260 e. The van der Waals surface area contributed by atoms with Crippen LogP contribution in [0.2, 0.25) is 5.02 Å². The average Bonchev–Trinajstić information content (AvgIpc) is 2.78. The van der Waals surface area contributed by atoms with Gasteiger partial charge in [0.25, 0.3) is 11.8 Å². The van der Waals surface area contributed by atoms with Gasteiger partial charge in [0.1, 0.15) is 5.75 Å². The number of carbonyl (C=O) groups is 3. The van der Waals surface area contributed by atoms with E-state index in [2.05, 4.69) is 0 Å². The maximum atomic E-state index is 13.4. The zero-order valence-electron chi connectivity index (χ0n) is 16.3. The van der Waals surface area contributed by atoms with Gasteiger partial charge in [0, 0.05) is 23.7 Å². The van der Waals surface area contributed by atoms with Crippen molar-refractivity contribution in [2.45, 2.75) is 18.9 Å². The Morgan fingerprint density at radius 2 is 1.77 bits per heavy atom. The van der Waals surface area contributed by atoms with Crippen molar-refractivity contribution in [3.8, 4) is 5.75 Å². The summed E-state index contributed by atoms with van der Waals surface area (Å²) < 4.78 is 5.64. The first-order valence-electron chi connectivity index (χ1n) is 9.85. The molecule has 4 rings (SSSR count). The molecule has 3 amide bonds. The molecule has 0 saturated carbocycles. The standard InChI is InChI=1S/C22H22ClN3O4/c23-16-9-7-14(8-10-16)21(28)25-11-3-4-15(12-25)22(29)26-13-19(20(24)27)30-18-6-2-1-5-17(18)26/h1-2,5-10,15,19H,3-4,11-13H2,(H2,24,27)/t15-,19+/m0/s1. The molecule has 0 radical (unpaired) electrons. The van der Waals surface area contributed by atoms with Gasteiger partial charge in [0.05, 0.1) is 18.2 Å². The van der Waals surface area contributed by atoms with E-state index in [1.165, 1.54) is 0 Å².